The molecule has 192 valence electrons. The Morgan fingerprint density at radius 1 is 1.22 bits per heavy atom. The molecular formula is C28H32F2N2O4. The highest BCUT2D eigenvalue weighted by molar-refractivity contribution is 5.83. The number of aliphatic hydroxyl groups excluding tert-OH is 1. The fourth-order valence-corrected chi connectivity index (χ4v) is 5.24. The van der Waals surface area contributed by atoms with Crippen molar-refractivity contribution in [2.24, 2.45) is 11.8 Å². The minimum Gasteiger partial charge on any atom is -0.497 e. The van der Waals surface area contributed by atoms with Crippen molar-refractivity contribution in [1.82, 2.24) is 9.88 Å². The topological polar surface area (TPSA) is 82.9 Å². The summed E-state index contributed by atoms with van der Waals surface area (Å²) in [6, 6.07) is 11.2. The van der Waals surface area contributed by atoms with Crippen molar-refractivity contribution in [3.8, 4) is 5.75 Å². The van der Waals surface area contributed by atoms with Gasteiger partial charge in [0, 0.05) is 23.7 Å². The number of aromatic nitrogens is 1. The molecule has 1 aromatic heterocycles. The number of aliphatic hydroxyl groups is 1. The number of ether oxygens (including phenoxy) is 1. The molecule has 1 fully saturated rings. The number of piperidine rings is 1. The van der Waals surface area contributed by atoms with E-state index in [1.54, 1.807) is 19.4 Å². The third-order valence-corrected chi connectivity index (χ3v) is 7.27. The van der Waals surface area contributed by atoms with E-state index in [-0.39, 0.29) is 17.9 Å². The zero-order chi connectivity index (χ0) is 25.7. The molecule has 2 N–H and O–H groups in total. The second-order valence-electron chi connectivity index (χ2n) is 9.47. The first-order valence-electron chi connectivity index (χ1n) is 12.4. The van der Waals surface area contributed by atoms with Gasteiger partial charge in [0.15, 0.2) is 0 Å². The van der Waals surface area contributed by atoms with E-state index < -0.39 is 29.6 Å². The van der Waals surface area contributed by atoms with Crippen LogP contribution in [0.15, 0.2) is 48.7 Å². The monoisotopic (exact) mass is 498 g/mol. The molecule has 6 nitrogen and oxygen atoms in total. The second-order valence-corrected chi connectivity index (χ2v) is 9.47. The standard InChI is InChI=1S/C28H32F2N2O4/c1-36-19-8-9-26-22(16-19)20(11-13-31-26)27(33)10-7-18-12-15-32(17-23(18)28(34)35)14-3-4-21-24(29)5-2-6-25(21)30/h2,5-6,8-9,11,13,16,18,23,27,33H,3-4,7,10,12,14-15,17H2,1H3,(H,34,35)/t18-,23+,27?/m1/s1. The van der Waals surface area contributed by atoms with Crippen LogP contribution >= 0.6 is 0 Å². The first kappa shape index (κ1) is 26.0. The molecule has 3 atom stereocenters. The van der Waals surface area contributed by atoms with Crippen molar-refractivity contribution in [3.63, 3.8) is 0 Å². The molecule has 0 saturated carbocycles. The molecule has 8 heteroatoms. The van der Waals surface area contributed by atoms with Crippen LogP contribution in [0.5, 0.6) is 5.75 Å². The molecular weight excluding hydrogens is 466 g/mol. The van der Waals surface area contributed by atoms with Gasteiger partial charge in [0.05, 0.1) is 24.6 Å². The fourth-order valence-electron chi connectivity index (χ4n) is 5.24. The normalized spacial score (nSPS) is 19.3. The Labute approximate surface area is 209 Å². The van der Waals surface area contributed by atoms with Gasteiger partial charge in [-0.3, -0.25) is 9.78 Å². The van der Waals surface area contributed by atoms with E-state index >= 15 is 0 Å². The number of aliphatic carboxylic acids is 1. The zero-order valence-electron chi connectivity index (χ0n) is 20.4. The predicted octanol–water partition coefficient (Wildman–Crippen LogP) is 4.99. The van der Waals surface area contributed by atoms with E-state index in [1.807, 2.05) is 18.2 Å². The van der Waals surface area contributed by atoms with Gasteiger partial charge in [-0.1, -0.05) is 6.07 Å². The van der Waals surface area contributed by atoms with Crippen LogP contribution in [0.25, 0.3) is 10.9 Å². The van der Waals surface area contributed by atoms with Crippen molar-refractivity contribution in [1.29, 1.82) is 0 Å². The molecule has 1 aliphatic rings. The first-order valence-corrected chi connectivity index (χ1v) is 12.4. The summed E-state index contributed by atoms with van der Waals surface area (Å²) in [5.41, 5.74) is 1.60. The molecule has 4 rings (SSSR count). The van der Waals surface area contributed by atoms with Crippen LogP contribution in [0.1, 0.15) is 42.9 Å². The van der Waals surface area contributed by atoms with E-state index in [0.29, 0.717) is 44.5 Å². The molecule has 0 aliphatic carbocycles. The van der Waals surface area contributed by atoms with Crippen LogP contribution in [0, 0.1) is 23.5 Å². The van der Waals surface area contributed by atoms with E-state index in [0.717, 1.165) is 23.0 Å². The quantitative estimate of drug-likeness (QED) is 0.410. The van der Waals surface area contributed by atoms with Crippen molar-refractivity contribution in [2.45, 2.75) is 38.2 Å². The van der Waals surface area contributed by atoms with Crippen molar-refractivity contribution >= 4 is 16.9 Å². The van der Waals surface area contributed by atoms with Crippen LogP contribution in [0.2, 0.25) is 0 Å². The third kappa shape index (κ3) is 5.99. The number of methoxy groups -OCH3 is 1. The summed E-state index contributed by atoms with van der Waals surface area (Å²) in [5, 5.41) is 21.7. The van der Waals surface area contributed by atoms with Crippen molar-refractivity contribution in [3.05, 3.63) is 71.4 Å². The largest absolute Gasteiger partial charge is 0.497 e. The number of benzene rings is 2. The summed E-state index contributed by atoms with van der Waals surface area (Å²) in [6.07, 6.45) is 3.46. The van der Waals surface area contributed by atoms with Crippen LogP contribution in [0.4, 0.5) is 8.78 Å². The molecule has 1 saturated heterocycles. The number of likely N-dealkylation sites (tertiary alicyclic amines) is 1. The van der Waals surface area contributed by atoms with Gasteiger partial charge in [-0.05, 0) is 93.1 Å². The average molecular weight is 499 g/mol. The predicted molar refractivity (Wildman–Crippen MR) is 133 cm³/mol. The van der Waals surface area contributed by atoms with Gasteiger partial charge >= 0.3 is 5.97 Å². The Bertz CT molecular complexity index is 1190. The molecule has 36 heavy (non-hydrogen) atoms. The first-order chi connectivity index (χ1) is 17.4. The van der Waals surface area contributed by atoms with Crippen molar-refractivity contribution in [2.75, 3.05) is 26.7 Å². The number of rotatable bonds is 10. The summed E-state index contributed by atoms with van der Waals surface area (Å²) >= 11 is 0. The lowest BCUT2D eigenvalue weighted by molar-refractivity contribution is -0.146. The highest BCUT2D eigenvalue weighted by Gasteiger charge is 2.34. The van der Waals surface area contributed by atoms with Gasteiger partial charge in [0.25, 0.3) is 0 Å². The van der Waals surface area contributed by atoms with E-state index in [2.05, 4.69) is 9.88 Å². The van der Waals surface area contributed by atoms with Crippen LogP contribution in [-0.2, 0) is 11.2 Å². The van der Waals surface area contributed by atoms with E-state index in [9.17, 15) is 23.8 Å². The minimum atomic E-state index is -0.849. The Kier molecular flexibility index (Phi) is 8.48. The van der Waals surface area contributed by atoms with Gasteiger partial charge in [-0.15, -0.1) is 0 Å². The molecule has 1 aliphatic heterocycles. The fraction of sp³-hybridized carbons (Fsp3) is 0.429. The molecule has 0 radical (unpaired) electrons. The number of hydrogen-bond acceptors (Lipinski definition) is 5. The zero-order valence-corrected chi connectivity index (χ0v) is 20.4. The highest BCUT2D eigenvalue weighted by atomic mass is 19.1. The Morgan fingerprint density at radius 3 is 2.72 bits per heavy atom. The number of carboxylic acid groups (broad SMARTS) is 1. The number of fused-ring (bicyclic) bond motifs is 1. The highest BCUT2D eigenvalue weighted by Crippen LogP contribution is 2.34. The van der Waals surface area contributed by atoms with Crippen molar-refractivity contribution < 1.29 is 28.5 Å². The van der Waals surface area contributed by atoms with Crippen LogP contribution < -0.4 is 4.74 Å². The van der Waals surface area contributed by atoms with E-state index in [4.69, 9.17) is 4.74 Å². The Hall–Kier alpha value is -3.10. The number of pyridine rings is 1. The lowest BCUT2D eigenvalue weighted by Crippen LogP contribution is -2.44. The average Bonchev–Trinajstić information content (AvgIpc) is 2.88. The molecule has 0 amide bonds. The van der Waals surface area contributed by atoms with Crippen LogP contribution in [0.3, 0.4) is 0 Å². The molecule has 0 spiro atoms. The van der Waals surface area contributed by atoms with Gasteiger partial charge in [0.2, 0.25) is 0 Å². The van der Waals surface area contributed by atoms with E-state index in [1.165, 1.54) is 18.2 Å². The summed E-state index contributed by atoms with van der Waals surface area (Å²) in [7, 11) is 1.59. The molecule has 2 aromatic carbocycles. The maximum absolute atomic E-state index is 13.9. The molecule has 0 bridgehead atoms. The van der Waals surface area contributed by atoms with Gasteiger partial charge in [-0.25, -0.2) is 8.78 Å². The number of hydrogen-bond donors (Lipinski definition) is 2. The molecule has 2 heterocycles. The number of carboxylic acids is 1. The Morgan fingerprint density at radius 2 is 2.00 bits per heavy atom. The number of nitrogens with zero attached hydrogens (tertiary/aromatic N) is 2. The second kappa shape index (κ2) is 11.8. The third-order valence-electron chi connectivity index (χ3n) is 7.27. The summed E-state index contributed by atoms with van der Waals surface area (Å²) < 4.78 is 33.1. The number of halogens is 2. The van der Waals surface area contributed by atoms with Gasteiger partial charge in [0.1, 0.15) is 17.4 Å². The van der Waals surface area contributed by atoms with Crippen LogP contribution in [-0.4, -0.2) is 52.8 Å². The maximum Gasteiger partial charge on any atom is 0.308 e. The lowest BCUT2D eigenvalue weighted by atomic mass is 9.81. The number of carbonyl (C=O) groups is 1. The lowest BCUT2D eigenvalue weighted by Gasteiger charge is -2.37. The SMILES string of the molecule is COc1ccc2nccc(C(O)CC[C@@H]3CCN(CCCc4c(F)cccc4F)C[C@@H]3C(=O)O)c2c1. The summed E-state index contributed by atoms with van der Waals surface area (Å²) in [4.78, 5) is 18.5. The summed E-state index contributed by atoms with van der Waals surface area (Å²) in [5.74, 6) is -1.86. The van der Waals surface area contributed by atoms with Gasteiger partial charge in [-0.2, -0.15) is 0 Å². The van der Waals surface area contributed by atoms with Gasteiger partial charge < -0.3 is 19.8 Å². The molecule has 3 aromatic rings. The maximum atomic E-state index is 13.9. The minimum absolute atomic E-state index is 0.0555. The summed E-state index contributed by atoms with van der Waals surface area (Å²) in [6.45, 7) is 1.70. The Balaban J connectivity index is 1.34. The smallest absolute Gasteiger partial charge is 0.308 e. The molecule has 1 unspecified atom stereocenters.